The number of ether oxygens (including phenoxy) is 1. The van der Waals surface area contributed by atoms with Crippen molar-refractivity contribution in [3.63, 3.8) is 0 Å². The van der Waals surface area contributed by atoms with Gasteiger partial charge in [0.05, 0.1) is 7.11 Å². The van der Waals surface area contributed by atoms with E-state index in [0.717, 1.165) is 5.56 Å². The molecule has 0 fully saturated rings. The van der Waals surface area contributed by atoms with E-state index in [9.17, 15) is 9.59 Å². The first-order chi connectivity index (χ1) is 13.4. The molecule has 0 bridgehead atoms. The van der Waals surface area contributed by atoms with Crippen LogP contribution in [-0.4, -0.2) is 22.6 Å². The highest BCUT2D eigenvalue weighted by molar-refractivity contribution is 6.31. The molecular formula is C21H20ClN3O3. The van der Waals surface area contributed by atoms with Crippen LogP contribution in [0, 0.1) is 13.8 Å². The number of halogens is 1. The van der Waals surface area contributed by atoms with E-state index < -0.39 is 0 Å². The average Bonchev–Trinajstić information content (AvgIpc) is 2.66. The third kappa shape index (κ3) is 4.40. The van der Waals surface area contributed by atoms with E-state index in [1.807, 2.05) is 13.0 Å². The number of methoxy groups -OCH3 is 1. The number of aryl methyl sites for hydroxylation is 2. The Morgan fingerprint density at radius 2 is 1.86 bits per heavy atom. The molecule has 0 spiro atoms. The molecule has 0 aliphatic heterocycles. The van der Waals surface area contributed by atoms with Crippen LogP contribution < -0.4 is 15.6 Å². The van der Waals surface area contributed by atoms with Crippen LogP contribution in [0.4, 0.5) is 5.69 Å². The zero-order chi connectivity index (χ0) is 20.3. The fourth-order valence-electron chi connectivity index (χ4n) is 2.80. The van der Waals surface area contributed by atoms with E-state index in [4.69, 9.17) is 16.3 Å². The minimum atomic E-state index is -0.340. The van der Waals surface area contributed by atoms with E-state index in [1.54, 1.807) is 50.4 Å². The average molecular weight is 398 g/mol. The maximum Gasteiger partial charge on any atom is 0.254 e. The van der Waals surface area contributed by atoms with Crippen molar-refractivity contribution in [2.24, 2.45) is 0 Å². The predicted octanol–water partition coefficient (Wildman–Crippen LogP) is 3.83. The molecule has 144 valence electrons. The first-order valence-electron chi connectivity index (χ1n) is 8.66. The zero-order valence-corrected chi connectivity index (χ0v) is 16.6. The van der Waals surface area contributed by atoms with Crippen LogP contribution in [0.5, 0.6) is 5.75 Å². The number of amides is 1. The van der Waals surface area contributed by atoms with Crippen molar-refractivity contribution in [3.05, 3.63) is 75.2 Å². The Morgan fingerprint density at radius 3 is 2.54 bits per heavy atom. The van der Waals surface area contributed by atoms with Gasteiger partial charge < -0.3 is 10.1 Å². The van der Waals surface area contributed by atoms with Gasteiger partial charge in [-0.2, -0.15) is 0 Å². The number of benzene rings is 2. The van der Waals surface area contributed by atoms with Crippen molar-refractivity contribution in [2.45, 2.75) is 20.4 Å². The second-order valence-corrected chi connectivity index (χ2v) is 6.82. The Hall–Kier alpha value is -3.12. The lowest BCUT2D eigenvalue weighted by Gasteiger charge is -2.14. The molecule has 0 saturated carbocycles. The number of hydrogen-bond acceptors (Lipinski definition) is 4. The molecule has 0 atom stereocenters. The van der Waals surface area contributed by atoms with Crippen LogP contribution in [0.1, 0.15) is 11.3 Å². The molecule has 3 rings (SSSR count). The van der Waals surface area contributed by atoms with Crippen molar-refractivity contribution in [1.82, 2.24) is 9.55 Å². The highest BCUT2D eigenvalue weighted by atomic mass is 35.5. The molecule has 0 saturated heterocycles. The van der Waals surface area contributed by atoms with E-state index in [2.05, 4.69) is 10.3 Å². The number of nitrogens with zero attached hydrogens (tertiary/aromatic N) is 2. The van der Waals surface area contributed by atoms with Crippen LogP contribution in [0.2, 0.25) is 5.02 Å². The summed E-state index contributed by atoms with van der Waals surface area (Å²) >= 11 is 6.01. The largest absolute Gasteiger partial charge is 0.497 e. The molecule has 0 aliphatic rings. The molecule has 1 heterocycles. The summed E-state index contributed by atoms with van der Waals surface area (Å²) in [6.45, 7) is 3.45. The SMILES string of the molecule is COc1ccc(-c2nc(C)cc(=O)n2CC(=O)Nc2cc(Cl)ccc2C)cc1. The van der Waals surface area contributed by atoms with Crippen LogP contribution in [0.25, 0.3) is 11.4 Å². The normalized spacial score (nSPS) is 10.6. The molecule has 7 heteroatoms. The van der Waals surface area contributed by atoms with Crippen molar-refractivity contribution in [2.75, 3.05) is 12.4 Å². The predicted molar refractivity (Wildman–Crippen MR) is 110 cm³/mol. The van der Waals surface area contributed by atoms with Gasteiger partial charge in [-0.05, 0) is 55.8 Å². The van der Waals surface area contributed by atoms with Gasteiger partial charge in [0.2, 0.25) is 5.91 Å². The molecule has 6 nitrogen and oxygen atoms in total. The third-order valence-electron chi connectivity index (χ3n) is 4.26. The van der Waals surface area contributed by atoms with Crippen LogP contribution in [-0.2, 0) is 11.3 Å². The second kappa shape index (κ2) is 8.27. The fourth-order valence-corrected chi connectivity index (χ4v) is 2.97. The second-order valence-electron chi connectivity index (χ2n) is 6.38. The zero-order valence-electron chi connectivity index (χ0n) is 15.8. The Kier molecular flexibility index (Phi) is 5.80. The molecule has 0 radical (unpaired) electrons. The third-order valence-corrected chi connectivity index (χ3v) is 4.50. The molecule has 28 heavy (non-hydrogen) atoms. The molecular weight excluding hydrogens is 378 g/mol. The molecule has 2 aromatic carbocycles. The molecule has 3 aromatic rings. The van der Waals surface area contributed by atoms with Gasteiger partial charge in [0, 0.05) is 28.0 Å². The van der Waals surface area contributed by atoms with E-state index >= 15 is 0 Å². The van der Waals surface area contributed by atoms with E-state index in [0.29, 0.717) is 33.5 Å². The van der Waals surface area contributed by atoms with E-state index in [1.165, 1.54) is 10.6 Å². The standard InChI is InChI=1S/C21H20ClN3O3/c1-13-4-7-16(22)11-18(13)24-19(26)12-25-20(27)10-14(2)23-21(25)15-5-8-17(28-3)9-6-15/h4-11H,12H2,1-3H3,(H,24,26). The number of aromatic nitrogens is 2. The van der Waals surface area contributed by atoms with Crippen molar-refractivity contribution in [3.8, 4) is 17.1 Å². The van der Waals surface area contributed by atoms with Gasteiger partial charge in [0.15, 0.2) is 0 Å². The molecule has 0 aliphatic carbocycles. The van der Waals surface area contributed by atoms with Crippen molar-refractivity contribution < 1.29 is 9.53 Å². The summed E-state index contributed by atoms with van der Waals surface area (Å²) in [4.78, 5) is 29.6. The van der Waals surface area contributed by atoms with E-state index in [-0.39, 0.29) is 18.0 Å². The van der Waals surface area contributed by atoms with Gasteiger partial charge >= 0.3 is 0 Å². The van der Waals surface area contributed by atoms with Crippen molar-refractivity contribution in [1.29, 1.82) is 0 Å². The lowest BCUT2D eigenvalue weighted by molar-refractivity contribution is -0.116. The van der Waals surface area contributed by atoms with Crippen molar-refractivity contribution >= 4 is 23.2 Å². The van der Waals surface area contributed by atoms with Crippen LogP contribution in [0.15, 0.2) is 53.3 Å². The van der Waals surface area contributed by atoms with Gasteiger partial charge in [0.25, 0.3) is 5.56 Å². The van der Waals surface area contributed by atoms with Gasteiger partial charge in [-0.3, -0.25) is 14.2 Å². The quantitative estimate of drug-likeness (QED) is 0.710. The monoisotopic (exact) mass is 397 g/mol. The first-order valence-corrected chi connectivity index (χ1v) is 9.04. The molecule has 1 amide bonds. The Bertz CT molecular complexity index is 1080. The number of anilines is 1. The maximum absolute atomic E-state index is 12.6. The maximum atomic E-state index is 12.6. The Balaban J connectivity index is 1.93. The summed E-state index contributed by atoms with van der Waals surface area (Å²) in [5.41, 5.74) is 2.49. The van der Waals surface area contributed by atoms with Gasteiger partial charge in [-0.1, -0.05) is 17.7 Å². The lowest BCUT2D eigenvalue weighted by atomic mass is 10.2. The summed E-state index contributed by atoms with van der Waals surface area (Å²) < 4.78 is 6.52. The molecule has 0 unspecified atom stereocenters. The summed E-state index contributed by atoms with van der Waals surface area (Å²) in [7, 11) is 1.58. The summed E-state index contributed by atoms with van der Waals surface area (Å²) in [6.07, 6.45) is 0. The first kappa shape index (κ1) is 19.6. The lowest BCUT2D eigenvalue weighted by Crippen LogP contribution is -2.29. The van der Waals surface area contributed by atoms with Crippen LogP contribution >= 0.6 is 11.6 Å². The summed E-state index contributed by atoms with van der Waals surface area (Å²) in [6, 6.07) is 13.8. The van der Waals surface area contributed by atoms with Gasteiger partial charge in [-0.25, -0.2) is 4.98 Å². The highest BCUT2D eigenvalue weighted by Crippen LogP contribution is 2.22. The topological polar surface area (TPSA) is 73.2 Å². The summed E-state index contributed by atoms with van der Waals surface area (Å²) in [5.74, 6) is 0.776. The Morgan fingerprint density at radius 1 is 1.14 bits per heavy atom. The fraction of sp³-hybridized carbons (Fsp3) is 0.190. The number of hydrogen-bond donors (Lipinski definition) is 1. The molecule has 1 N–H and O–H groups in total. The number of rotatable bonds is 5. The number of nitrogens with one attached hydrogen (secondary N) is 1. The molecule has 1 aromatic heterocycles. The smallest absolute Gasteiger partial charge is 0.254 e. The number of carbonyl (C=O) groups excluding carboxylic acids is 1. The summed E-state index contributed by atoms with van der Waals surface area (Å²) in [5, 5.41) is 3.33. The minimum absolute atomic E-state index is 0.167. The van der Waals surface area contributed by atoms with Gasteiger partial charge in [0.1, 0.15) is 18.1 Å². The van der Waals surface area contributed by atoms with Gasteiger partial charge in [-0.15, -0.1) is 0 Å². The highest BCUT2D eigenvalue weighted by Gasteiger charge is 2.14. The number of carbonyl (C=O) groups is 1. The minimum Gasteiger partial charge on any atom is -0.497 e. The Labute approximate surface area is 167 Å². The van der Waals surface area contributed by atoms with Crippen LogP contribution in [0.3, 0.4) is 0 Å².